The molecular weight excluding hydrogens is 315 g/mol. The van der Waals surface area contributed by atoms with E-state index in [-0.39, 0.29) is 47.3 Å². The Kier molecular flexibility index (Phi) is 8.08. The van der Waals surface area contributed by atoms with Crippen LogP contribution in [0.5, 0.6) is 0 Å². The third-order valence-corrected chi connectivity index (χ3v) is 3.02. The van der Waals surface area contributed by atoms with E-state index in [1.165, 1.54) is 0 Å². The number of aliphatic hydroxyl groups excluding tert-OH is 1. The maximum Gasteiger partial charge on any atom is 0.338 e. The molecule has 0 heterocycles. The van der Waals surface area contributed by atoms with E-state index in [9.17, 15) is 18.0 Å². The van der Waals surface area contributed by atoms with Crippen molar-refractivity contribution in [1.29, 1.82) is 0 Å². The molecule has 0 spiro atoms. The molecule has 0 bridgehead atoms. The second kappa shape index (κ2) is 8.47. The number of hydrogen-bond donors (Lipinski definition) is 2. The van der Waals surface area contributed by atoms with Crippen LogP contribution in [0.1, 0.15) is 20.7 Å². The van der Waals surface area contributed by atoms with Gasteiger partial charge >= 0.3 is 11.9 Å². The summed E-state index contributed by atoms with van der Waals surface area (Å²) >= 11 is 0. The molecule has 0 amide bonds. The summed E-state index contributed by atoms with van der Waals surface area (Å²) in [6.07, 6.45) is 0. The number of carbonyl (C=O) groups is 2. The van der Waals surface area contributed by atoms with Gasteiger partial charge in [0.1, 0.15) is 6.61 Å². The van der Waals surface area contributed by atoms with Crippen molar-refractivity contribution in [2.24, 2.45) is 0 Å². The van der Waals surface area contributed by atoms with Crippen LogP contribution in [0.2, 0.25) is 0 Å². The molecule has 1 radical (unpaired) electrons. The average molecular weight is 327 g/mol. The van der Waals surface area contributed by atoms with E-state index in [0.717, 1.165) is 25.3 Å². The predicted octanol–water partition coefficient (Wildman–Crippen LogP) is -0.512. The van der Waals surface area contributed by atoms with Gasteiger partial charge in [0, 0.05) is 29.6 Å². The van der Waals surface area contributed by atoms with Crippen LogP contribution in [-0.2, 0) is 19.6 Å². The summed E-state index contributed by atoms with van der Waals surface area (Å²) in [5.41, 5.74) is -0.507. The van der Waals surface area contributed by atoms with Crippen LogP contribution in [0.4, 0.5) is 0 Å². The van der Waals surface area contributed by atoms with Crippen molar-refractivity contribution in [3.63, 3.8) is 0 Å². The van der Waals surface area contributed by atoms with Crippen LogP contribution in [0.15, 0.2) is 23.1 Å². The van der Waals surface area contributed by atoms with Gasteiger partial charge in [0.25, 0.3) is 10.1 Å². The van der Waals surface area contributed by atoms with E-state index in [1.807, 2.05) is 0 Å². The molecule has 0 unspecified atom stereocenters. The summed E-state index contributed by atoms with van der Waals surface area (Å²) < 4.78 is 40.2. The topological polar surface area (TPSA) is 127 Å². The molecule has 2 N–H and O–H groups in total. The third kappa shape index (κ3) is 5.73. The van der Waals surface area contributed by atoms with Gasteiger partial charge in [0.2, 0.25) is 0 Å². The Balaban J connectivity index is 0.00000400. The number of ether oxygens (including phenoxy) is 2. The van der Waals surface area contributed by atoms with Gasteiger partial charge in [-0.3, -0.25) is 4.55 Å². The van der Waals surface area contributed by atoms with Crippen molar-refractivity contribution in [3.8, 4) is 0 Å². The fraction of sp³-hybridized carbons (Fsp3) is 0.273. The van der Waals surface area contributed by atoms with Crippen LogP contribution >= 0.6 is 0 Å². The monoisotopic (exact) mass is 327 g/mol. The molecule has 0 atom stereocenters. The van der Waals surface area contributed by atoms with Gasteiger partial charge in [-0.1, -0.05) is 0 Å². The van der Waals surface area contributed by atoms with Crippen LogP contribution in [0, 0.1) is 0 Å². The molecule has 1 aromatic carbocycles. The summed E-state index contributed by atoms with van der Waals surface area (Å²) in [4.78, 5) is 22.3. The Labute approximate surface area is 143 Å². The summed E-state index contributed by atoms with van der Waals surface area (Å²) in [6, 6.07) is 2.77. The van der Waals surface area contributed by atoms with Crippen molar-refractivity contribution in [2.45, 2.75) is 4.90 Å². The van der Waals surface area contributed by atoms with Gasteiger partial charge < -0.3 is 14.6 Å². The maximum atomic E-state index is 11.6. The van der Waals surface area contributed by atoms with Crippen LogP contribution in [0.25, 0.3) is 0 Å². The number of esters is 2. The summed E-state index contributed by atoms with van der Waals surface area (Å²) in [5.74, 6) is -1.83. The Bertz CT molecular complexity index is 625. The summed E-state index contributed by atoms with van der Waals surface area (Å²) in [6.45, 7) is -0.698. The fourth-order valence-electron chi connectivity index (χ4n) is 1.32. The first-order valence-electron chi connectivity index (χ1n) is 5.28. The molecule has 1 aromatic rings. The van der Waals surface area contributed by atoms with Crippen LogP contribution in [-0.4, -0.2) is 79.9 Å². The zero-order valence-electron chi connectivity index (χ0n) is 11.4. The van der Waals surface area contributed by atoms with Gasteiger partial charge in [-0.25, -0.2) is 9.59 Å². The van der Waals surface area contributed by atoms with Gasteiger partial charge in [-0.15, -0.1) is 0 Å². The molecule has 0 aliphatic heterocycles. The number of hydrogen-bond acceptors (Lipinski definition) is 7. The van der Waals surface area contributed by atoms with Crippen LogP contribution < -0.4 is 0 Å². The first kappa shape index (κ1) is 20.0. The first-order chi connectivity index (χ1) is 9.29. The molecule has 0 saturated heterocycles. The molecule has 21 heavy (non-hydrogen) atoms. The summed E-state index contributed by atoms with van der Waals surface area (Å²) in [7, 11) is -3.53. The SMILES string of the molecule is COC(=O)c1cc(C(=O)OCCO)cc(S(=O)(=O)O)c1.[Na]. The van der Waals surface area contributed by atoms with Crippen molar-refractivity contribution >= 4 is 51.6 Å². The standard InChI is InChI=1S/C11H12O8S.Na/c1-18-10(13)7-4-8(11(14)19-3-2-12)6-9(5-7)20(15,16)17;/h4-6,12H,2-3H2,1H3,(H,15,16,17);. The van der Waals surface area contributed by atoms with Crippen molar-refractivity contribution in [1.82, 2.24) is 0 Å². The van der Waals surface area contributed by atoms with Gasteiger partial charge in [0.15, 0.2) is 0 Å². The quantitative estimate of drug-likeness (QED) is 0.420. The van der Waals surface area contributed by atoms with Gasteiger partial charge in [0.05, 0.1) is 29.7 Å². The maximum absolute atomic E-state index is 11.6. The number of aliphatic hydroxyl groups is 1. The molecule has 0 aliphatic carbocycles. The first-order valence-corrected chi connectivity index (χ1v) is 6.72. The van der Waals surface area contributed by atoms with Crippen molar-refractivity contribution < 1.29 is 37.1 Å². The van der Waals surface area contributed by atoms with Gasteiger partial charge in [-0.05, 0) is 18.2 Å². The predicted molar refractivity (Wildman–Crippen MR) is 70.7 cm³/mol. The van der Waals surface area contributed by atoms with Crippen molar-refractivity contribution in [3.05, 3.63) is 29.3 Å². The van der Waals surface area contributed by atoms with E-state index in [4.69, 9.17) is 9.66 Å². The zero-order chi connectivity index (χ0) is 15.3. The average Bonchev–Trinajstić information content (AvgIpc) is 2.42. The van der Waals surface area contributed by atoms with E-state index in [2.05, 4.69) is 9.47 Å². The van der Waals surface area contributed by atoms with E-state index >= 15 is 0 Å². The zero-order valence-corrected chi connectivity index (χ0v) is 14.2. The number of carbonyl (C=O) groups excluding carboxylic acids is 2. The molecular formula is C11H12NaO8S. The Morgan fingerprint density at radius 2 is 1.67 bits per heavy atom. The number of rotatable bonds is 5. The smallest absolute Gasteiger partial charge is 0.338 e. The third-order valence-electron chi connectivity index (χ3n) is 2.19. The Hall–Kier alpha value is -0.970. The number of methoxy groups -OCH3 is 1. The van der Waals surface area contributed by atoms with Crippen molar-refractivity contribution in [2.75, 3.05) is 20.3 Å². The largest absolute Gasteiger partial charge is 0.465 e. The molecule has 0 aliphatic rings. The molecule has 0 saturated carbocycles. The minimum Gasteiger partial charge on any atom is -0.465 e. The van der Waals surface area contributed by atoms with E-state index in [1.54, 1.807) is 0 Å². The fourth-order valence-corrected chi connectivity index (χ4v) is 1.88. The Morgan fingerprint density at radius 1 is 1.14 bits per heavy atom. The number of benzene rings is 1. The second-order valence-electron chi connectivity index (χ2n) is 3.57. The molecule has 111 valence electrons. The molecule has 10 heteroatoms. The molecule has 0 aromatic heterocycles. The van der Waals surface area contributed by atoms with Gasteiger partial charge in [-0.2, -0.15) is 8.42 Å². The normalized spacial score (nSPS) is 10.4. The minimum atomic E-state index is -4.61. The molecule has 0 fully saturated rings. The second-order valence-corrected chi connectivity index (χ2v) is 4.99. The summed E-state index contributed by atoms with van der Waals surface area (Å²) in [5, 5.41) is 8.54. The molecule has 8 nitrogen and oxygen atoms in total. The Morgan fingerprint density at radius 3 is 2.10 bits per heavy atom. The van der Waals surface area contributed by atoms with E-state index in [0.29, 0.717) is 0 Å². The minimum absolute atomic E-state index is 0. The molecule has 1 rings (SSSR count). The van der Waals surface area contributed by atoms with Crippen LogP contribution in [0.3, 0.4) is 0 Å². The van der Waals surface area contributed by atoms with E-state index < -0.39 is 33.6 Å².